The van der Waals surface area contributed by atoms with E-state index in [1.807, 2.05) is 43.5 Å². The Morgan fingerprint density at radius 3 is 2.74 bits per heavy atom. The van der Waals surface area contributed by atoms with Crippen LogP contribution >= 0.6 is 0 Å². The van der Waals surface area contributed by atoms with Crippen LogP contribution in [0, 0.1) is 0 Å². The highest BCUT2D eigenvalue weighted by molar-refractivity contribution is 5.37. The fraction of sp³-hybridized carbons (Fsp3) is 0.500. The molecule has 5 nitrogen and oxygen atoms in total. The fourth-order valence-electron chi connectivity index (χ4n) is 3.17. The summed E-state index contributed by atoms with van der Waals surface area (Å²) in [6.07, 6.45) is 9.48. The molecule has 122 valence electrons. The van der Waals surface area contributed by atoms with Crippen molar-refractivity contribution in [3.05, 3.63) is 42.4 Å². The highest BCUT2D eigenvalue weighted by Gasteiger charge is 2.24. The van der Waals surface area contributed by atoms with Crippen LogP contribution in [0.4, 0.5) is 11.8 Å². The van der Waals surface area contributed by atoms with E-state index in [1.54, 1.807) is 0 Å². The zero-order chi connectivity index (χ0) is 16.1. The van der Waals surface area contributed by atoms with Gasteiger partial charge in [-0.2, -0.15) is 0 Å². The molecule has 2 aromatic heterocycles. The van der Waals surface area contributed by atoms with Gasteiger partial charge in [0.15, 0.2) is 0 Å². The summed E-state index contributed by atoms with van der Waals surface area (Å²) in [5, 5.41) is 0. The predicted molar refractivity (Wildman–Crippen MR) is 93.9 cm³/mol. The Labute approximate surface area is 138 Å². The lowest BCUT2D eigenvalue weighted by Crippen LogP contribution is -2.41. The Kier molecular flexibility index (Phi) is 5.05. The normalized spacial score (nSPS) is 18.0. The molecule has 0 saturated carbocycles. The predicted octanol–water partition coefficient (Wildman–Crippen LogP) is 2.93. The highest BCUT2D eigenvalue weighted by Crippen LogP contribution is 2.24. The molecule has 0 unspecified atom stereocenters. The van der Waals surface area contributed by atoms with Crippen molar-refractivity contribution in [2.45, 2.75) is 38.1 Å². The third kappa shape index (κ3) is 3.97. The molecule has 0 N–H and O–H groups in total. The van der Waals surface area contributed by atoms with Crippen LogP contribution in [0.2, 0.25) is 0 Å². The molecule has 23 heavy (non-hydrogen) atoms. The molecule has 1 saturated heterocycles. The maximum absolute atomic E-state index is 4.73. The van der Waals surface area contributed by atoms with Gasteiger partial charge >= 0.3 is 0 Å². The Bertz CT molecular complexity index is 614. The fourth-order valence-corrected chi connectivity index (χ4v) is 3.17. The van der Waals surface area contributed by atoms with Crippen molar-refractivity contribution >= 4 is 11.8 Å². The summed E-state index contributed by atoms with van der Waals surface area (Å²) in [6, 6.07) is 8.65. The lowest BCUT2D eigenvalue weighted by atomic mass is 9.97. The standard InChI is InChI=1S/C18H25N5/c1-22(2)17-9-5-7-15(21-17)10-11-16-8-3-4-14-23(16)18-19-12-6-13-20-18/h5-7,9,12-13,16H,3-4,8,10-11,14H2,1-2H3/t16-/m1/s1. The van der Waals surface area contributed by atoms with Crippen molar-refractivity contribution in [3.63, 3.8) is 0 Å². The summed E-state index contributed by atoms with van der Waals surface area (Å²) in [4.78, 5) is 18.0. The zero-order valence-electron chi connectivity index (χ0n) is 14.0. The molecule has 1 aliphatic rings. The zero-order valence-corrected chi connectivity index (χ0v) is 14.0. The van der Waals surface area contributed by atoms with E-state index >= 15 is 0 Å². The smallest absolute Gasteiger partial charge is 0.225 e. The van der Waals surface area contributed by atoms with E-state index in [2.05, 4.69) is 27.0 Å². The van der Waals surface area contributed by atoms with Crippen molar-refractivity contribution in [1.29, 1.82) is 0 Å². The first-order chi connectivity index (χ1) is 11.2. The van der Waals surface area contributed by atoms with Crippen molar-refractivity contribution in [1.82, 2.24) is 15.0 Å². The van der Waals surface area contributed by atoms with Crippen molar-refractivity contribution in [2.24, 2.45) is 0 Å². The van der Waals surface area contributed by atoms with Gasteiger partial charge < -0.3 is 9.80 Å². The second kappa shape index (κ2) is 7.40. The molecule has 0 aliphatic carbocycles. The second-order valence-electron chi connectivity index (χ2n) is 6.31. The van der Waals surface area contributed by atoms with Gasteiger partial charge in [0.2, 0.25) is 5.95 Å². The van der Waals surface area contributed by atoms with Crippen LogP contribution < -0.4 is 9.80 Å². The molecule has 5 heteroatoms. The number of anilines is 2. The van der Waals surface area contributed by atoms with E-state index in [9.17, 15) is 0 Å². The SMILES string of the molecule is CN(C)c1cccc(CC[C@H]2CCCCN2c2ncccn2)n1. The van der Waals surface area contributed by atoms with Crippen molar-refractivity contribution < 1.29 is 0 Å². The third-order valence-corrected chi connectivity index (χ3v) is 4.42. The monoisotopic (exact) mass is 311 g/mol. The van der Waals surface area contributed by atoms with Crippen LogP contribution in [0.3, 0.4) is 0 Å². The van der Waals surface area contributed by atoms with Crippen LogP contribution in [-0.4, -0.2) is 41.6 Å². The molecule has 1 aliphatic heterocycles. The molecule has 0 bridgehead atoms. The summed E-state index contributed by atoms with van der Waals surface area (Å²) in [6.45, 7) is 1.06. The van der Waals surface area contributed by atoms with E-state index in [4.69, 9.17) is 4.98 Å². The molecule has 1 fully saturated rings. The molecule has 1 atom stereocenters. The number of hydrogen-bond donors (Lipinski definition) is 0. The third-order valence-electron chi connectivity index (χ3n) is 4.42. The van der Waals surface area contributed by atoms with Crippen LogP contribution in [0.25, 0.3) is 0 Å². The van der Waals surface area contributed by atoms with Crippen LogP contribution in [0.5, 0.6) is 0 Å². The summed E-state index contributed by atoms with van der Waals surface area (Å²) in [7, 11) is 4.06. The summed E-state index contributed by atoms with van der Waals surface area (Å²) >= 11 is 0. The quantitative estimate of drug-likeness (QED) is 0.849. The molecule has 0 amide bonds. The van der Waals surface area contributed by atoms with E-state index < -0.39 is 0 Å². The lowest BCUT2D eigenvalue weighted by Gasteiger charge is -2.35. The average Bonchev–Trinajstić information content (AvgIpc) is 2.61. The Hall–Kier alpha value is -2.17. The van der Waals surface area contributed by atoms with Gasteiger partial charge in [-0.1, -0.05) is 6.07 Å². The molecular weight excluding hydrogens is 286 g/mol. The van der Waals surface area contributed by atoms with Crippen molar-refractivity contribution in [3.8, 4) is 0 Å². The Morgan fingerprint density at radius 1 is 1.13 bits per heavy atom. The van der Waals surface area contributed by atoms with Gasteiger partial charge in [-0.3, -0.25) is 0 Å². The maximum Gasteiger partial charge on any atom is 0.225 e. The number of pyridine rings is 1. The molecule has 0 spiro atoms. The lowest BCUT2D eigenvalue weighted by molar-refractivity contribution is 0.430. The first-order valence-electron chi connectivity index (χ1n) is 8.41. The van der Waals surface area contributed by atoms with Gasteiger partial charge in [0.25, 0.3) is 0 Å². The van der Waals surface area contributed by atoms with Crippen molar-refractivity contribution in [2.75, 3.05) is 30.4 Å². The molecule has 3 heterocycles. The molecule has 0 aromatic carbocycles. The summed E-state index contributed by atoms with van der Waals surface area (Å²) in [5.74, 6) is 1.89. The van der Waals surface area contributed by atoms with Crippen LogP contribution in [0.1, 0.15) is 31.4 Å². The second-order valence-corrected chi connectivity index (χ2v) is 6.31. The maximum atomic E-state index is 4.73. The average molecular weight is 311 g/mol. The van der Waals surface area contributed by atoms with E-state index in [0.29, 0.717) is 6.04 Å². The number of piperidine rings is 1. The van der Waals surface area contributed by atoms with Crippen LogP contribution in [-0.2, 0) is 6.42 Å². The number of aryl methyl sites for hydroxylation is 1. The number of rotatable bonds is 5. The first-order valence-corrected chi connectivity index (χ1v) is 8.41. The number of hydrogen-bond acceptors (Lipinski definition) is 5. The summed E-state index contributed by atoms with van der Waals surface area (Å²) < 4.78 is 0. The molecule has 3 rings (SSSR count). The Balaban J connectivity index is 1.67. The van der Waals surface area contributed by atoms with Gasteiger partial charge in [-0.05, 0) is 50.3 Å². The minimum atomic E-state index is 0.510. The molecule has 0 radical (unpaired) electrons. The molecule has 2 aromatic rings. The topological polar surface area (TPSA) is 45.2 Å². The largest absolute Gasteiger partial charge is 0.363 e. The minimum Gasteiger partial charge on any atom is -0.363 e. The highest BCUT2D eigenvalue weighted by atomic mass is 15.3. The molecular formula is C18H25N5. The van der Waals surface area contributed by atoms with E-state index in [-0.39, 0.29) is 0 Å². The van der Waals surface area contributed by atoms with Gasteiger partial charge in [0.05, 0.1) is 0 Å². The number of nitrogens with zero attached hydrogens (tertiary/aromatic N) is 5. The van der Waals surface area contributed by atoms with Gasteiger partial charge in [-0.25, -0.2) is 15.0 Å². The number of aromatic nitrogens is 3. The van der Waals surface area contributed by atoms with Gasteiger partial charge in [-0.15, -0.1) is 0 Å². The van der Waals surface area contributed by atoms with Gasteiger partial charge in [0, 0.05) is 44.8 Å². The summed E-state index contributed by atoms with van der Waals surface area (Å²) in [5.41, 5.74) is 1.16. The minimum absolute atomic E-state index is 0.510. The van der Waals surface area contributed by atoms with Crippen LogP contribution in [0.15, 0.2) is 36.7 Å². The van der Waals surface area contributed by atoms with E-state index in [0.717, 1.165) is 36.8 Å². The Morgan fingerprint density at radius 2 is 1.96 bits per heavy atom. The van der Waals surface area contributed by atoms with E-state index in [1.165, 1.54) is 19.3 Å². The first kappa shape index (κ1) is 15.7. The van der Waals surface area contributed by atoms with Gasteiger partial charge in [0.1, 0.15) is 5.82 Å².